The first-order valence-corrected chi connectivity index (χ1v) is 12.9. The number of hydrogen-bond donors (Lipinski definition) is 1. The zero-order chi connectivity index (χ0) is 25.7. The standard InChI is InChI=1S/C29H21ClN4O2S/c1-16-11-24-28(27(22(16)14-26(35)36)17-5-7-21(30)8-6-17)37-29(33-24)19-9-10-31-23(12-19)18-3-4-20-15-32-34(2)25(20)13-18/h3-13,15H,14H2,1-2H3,(H,35,36). The third-order valence-corrected chi connectivity index (χ3v) is 7.91. The first kappa shape index (κ1) is 23.3. The first-order chi connectivity index (χ1) is 17.9. The molecule has 0 saturated heterocycles. The number of aromatic nitrogens is 4. The number of aryl methyl sites for hydroxylation is 2. The molecule has 0 spiro atoms. The Morgan fingerprint density at radius 1 is 1.03 bits per heavy atom. The summed E-state index contributed by atoms with van der Waals surface area (Å²) < 4.78 is 2.81. The van der Waals surface area contributed by atoms with Crippen molar-refractivity contribution in [3.63, 3.8) is 0 Å². The Bertz CT molecular complexity index is 1820. The van der Waals surface area contributed by atoms with E-state index in [9.17, 15) is 9.90 Å². The predicted octanol–water partition coefficient (Wildman–Crippen LogP) is 7.17. The van der Waals surface area contributed by atoms with Gasteiger partial charge in [-0.3, -0.25) is 14.5 Å². The normalized spacial score (nSPS) is 11.4. The van der Waals surface area contributed by atoms with Crippen molar-refractivity contribution < 1.29 is 9.90 Å². The fourth-order valence-electron chi connectivity index (χ4n) is 4.68. The van der Waals surface area contributed by atoms with Gasteiger partial charge in [0.1, 0.15) is 5.01 Å². The molecule has 0 unspecified atom stereocenters. The van der Waals surface area contributed by atoms with Crippen molar-refractivity contribution in [1.82, 2.24) is 19.7 Å². The van der Waals surface area contributed by atoms with E-state index in [1.165, 1.54) is 0 Å². The molecule has 6 aromatic rings. The summed E-state index contributed by atoms with van der Waals surface area (Å²) in [6.45, 7) is 1.94. The molecule has 0 saturated carbocycles. The highest BCUT2D eigenvalue weighted by Crippen LogP contribution is 2.41. The Morgan fingerprint density at radius 3 is 2.59 bits per heavy atom. The fraction of sp³-hybridized carbons (Fsp3) is 0.103. The number of carbonyl (C=O) groups is 1. The van der Waals surface area contributed by atoms with E-state index in [1.807, 2.05) is 67.3 Å². The molecule has 0 amide bonds. The van der Waals surface area contributed by atoms with E-state index in [4.69, 9.17) is 16.6 Å². The van der Waals surface area contributed by atoms with Gasteiger partial charge in [-0.2, -0.15) is 5.10 Å². The van der Waals surface area contributed by atoms with Gasteiger partial charge in [0.25, 0.3) is 0 Å². The van der Waals surface area contributed by atoms with Crippen LogP contribution in [0.5, 0.6) is 0 Å². The zero-order valence-electron chi connectivity index (χ0n) is 20.1. The minimum absolute atomic E-state index is 0.0666. The number of aliphatic carboxylic acids is 1. The zero-order valence-corrected chi connectivity index (χ0v) is 21.6. The van der Waals surface area contributed by atoms with Gasteiger partial charge in [0.2, 0.25) is 0 Å². The molecule has 1 N–H and O–H groups in total. The van der Waals surface area contributed by atoms with Gasteiger partial charge >= 0.3 is 5.97 Å². The maximum atomic E-state index is 11.7. The largest absolute Gasteiger partial charge is 0.481 e. The Balaban J connectivity index is 1.51. The van der Waals surface area contributed by atoms with Crippen LogP contribution < -0.4 is 0 Å². The minimum atomic E-state index is -0.869. The van der Waals surface area contributed by atoms with E-state index in [0.29, 0.717) is 5.02 Å². The number of thiazole rings is 1. The summed E-state index contributed by atoms with van der Waals surface area (Å²) in [5.41, 5.74) is 8.19. The third-order valence-electron chi connectivity index (χ3n) is 6.52. The summed E-state index contributed by atoms with van der Waals surface area (Å²) in [4.78, 5) is 21.3. The number of carboxylic acids is 1. The lowest BCUT2D eigenvalue weighted by Gasteiger charge is -2.13. The van der Waals surface area contributed by atoms with Gasteiger partial charge in [0.15, 0.2) is 0 Å². The molecular formula is C29H21ClN4O2S. The molecule has 37 heavy (non-hydrogen) atoms. The number of nitrogens with zero attached hydrogens (tertiary/aromatic N) is 4. The van der Waals surface area contributed by atoms with Crippen LogP contribution in [0.2, 0.25) is 5.02 Å². The fourth-order valence-corrected chi connectivity index (χ4v) is 5.94. The van der Waals surface area contributed by atoms with E-state index < -0.39 is 5.97 Å². The van der Waals surface area contributed by atoms with Crippen molar-refractivity contribution in [2.24, 2.45) is 7.05 Å². The molecule has 0 aliphatic heterocycles. The molecular weight excluding hydrogens is 504 g/mol. The van der Waals surface area contributed by atoms with Crippen LogP contribution in [-0.4, -0.2) is 30.8 Å². The number of pyridine rings is 1. The number of halogens is 1. The van der Waals surface area contributed by atoms with Gasteiger partial charge in [0.05, 0.1) is 34.0 Å². The summed E-state index contributed by atoms with van der Waals surface area (Å²) in [5, 5.41) is 16.5. The number of benzene rings is 3. The summed E-state index contributed by atoms with van der Waals surface area (Å²) in [5.74, 6) is -0.869. The maximum Gasteiger partial charge on any atom is 0.307 e. The Kier molecular flexibility index (Phi) is 5.74. The molecule has 0 aliphatic carbocycles. The van der Waals surface area contributed by atoms with Crippen LogP contribution in [0.25, 0.3) is 54.1 Å². The minimum Gasteiger partial charge on any atom is -0.481 e. The van der Waals surface area contributed by atoms with Crippen LogP contribution in [0, 0.1) is 6.92 Å². The van der Waals surface area contributed by atoms with Crippen molar-refractivity contribution in [2.75, 3.05) is 0 Å². The Morgan fingerprint density at radius 2 is 1.81 bits per heavy atom. The molecule has 0 atom stereocenters. The highest BCUT2D eigenvalue weighted by atomic mass is 35.5. The third kappa shape index (κ3) is 4.26. The second kappa shape index (κ2) is 9.10. The maximum absolute atomic E-state index is 11.7. The smallest absolute Gasteiger partial charge is 0.307 e. The lowest BCUT2D eigenvalue weighted by molar-refractivity contribution is -0.136. The van der Waals surface area contributed by atoms with E-state index in [2.05, 4.69) is 28.3 Å². The molecule has 8 heteroatoms. The van der Waals surface area contributed by atoms with E-state index in [0.717, 1.165) is 65.2 Å². The summed E-state index contributed by atoms with van der Waals surface area (Å²) >= 11 is 7.70. The topological polar surface area (TPSA) is 80.9 Å². The van der Waals surface area contributed by atoms with Gasteiger partial charge in [-0.25, -0.2) is 4.98 Å². The van der Waals surface area contributed by atoms with Crippen LogP contribution in [0.1, 0.15) is 11.1 Å². The van der Waals surface area contributed by atoms with Crippen LogP contribution >= 0.6 is 22.9 Å². The number of carboxylic acid groups (broad SMARTS) is 1. The van der Waals surface area contributed by atoms with Crippen molar-refractivity contribution in [3.05, 3.63) is 89.2 Å². The van der Waals surface area contributed by atoms with E-state index in [-0.39, 0.29) is 6.42 Å². The molecule has 6 nitrogen and oxygen atoms in total. The molecule has 3 aromatic heterocycles. The summed E-state index contributed by atoms with van der Waals surface area (Å²) in [7, 11) is 1.93. The summed E-state index contributed by atoms with van der Waals surface area (Å²) in [6, 6.07) is 19.7. The monoisotopic (exact) mass is 524 g/mol. The molecule has 6 rings (SSSR count). The lowest BCUT2D eigenvalue weighted by Crippen LogP contribution is -2.04. The van der Waals surface area contributed by atoms with Gasteiger partial charge in [-0.15, -0.1) is 11.3 Å². The van der Waals surface area contributed by atoms with Crippen LogP contribution in [0.4, 0.5) is 0 Å². The van der Waals surface area contributed by atoms with Crippen molar-refractivity contribution in [1.29, 1.82) is 0 Å². The van der Waals surface area contributed by atoms with Crippen molar-refractivity contribution in [2.45, 2.75) is 13.3 Å². The Hall–Kier alpha value is -4.07. The van der Waals surface area contributed by atoms with Crippen molar-refractivity contribution >= 4 is 50.0 Å². The quantitative estimate of drug-likeness (QED) is 0.258. The van der Waals surface area contributed by atoms with Crippen LogP contribution in [0.3, 0.4) is 0 Å². The van der Waals surface area contributed by atoms with Crippen LogP contribution in [0.15, 0.2) is 73.1 Å². The molecule has 0 bridgehead atoms. The number of fused-ring (bicyclic) bond motifs is 2. The second-order valence-electron chi connectivity index (χ2n) is 8.96. The van der Waals surface area contributed by atoms with Gasteiger partial charge in [-0.05, 0) is 60.0 Å². The van der Waals surface area contributed by atoms with Crippen molar-refractivity contribution in [3.8, 4) is 33.0 Å². The lowest BCUT2D eigenvalue weighted by atomic mass is 9.93. The molecule has 182 valence electrons. The number of rotatable bonds is 5. The molecule has 3 heterocycles. The average molecular weight is 525 g/mol. The molecule has 0 radical (unpaired) electrons. The second-order valence-corrected chi connectivity index (χ2v) is 10.4. The van der Waals surface area contributed by atoms with Gasteiger partial charge in [-0.1, -0.05) is 35.9 Å². The highest BCUT2D eigenvalue weighted by molar-refractivity contribution is 7.22. The van der Waals surface area contributed by atoms with Crippen LogP contribution in [-0.2, 0) is 18.3 Å². The van der Waals surface area contributed by atoms with Gasteiger partial charge < -0.3 is 5.11 Å². The van der Waals surface area contributed by atoms with E-state index >= 15 is 0 Å². The molecule has 0 aliphatic rings. The molecule has 0 fully saturated rings. The molecule has 3 aromatic carbocycles. The first-order valence-electron chi connectivity index (χ1n) is 11.7. The predicted molar refractivity (Wildman–Crippen MR) is 149 cm³/mol. The van der Waals surface area contributed by atoms with E-state index in [1.54, 1.807) is 17.5 Å². The highest BCUT2D eigenvalue weighted by Gasteiger charge is 2.20. The van der Waals surface area contributed by atoms with Gasteiger partial charge in [0, 0.05) is 40.3 Å². The number of hydrogen-bond acceptors (Lipinski definition) is 5. The Labute approximate surface area is 221 Å². The summed E-state index contributed by atoms with van der Waals surface area (Å²) in [6.07, 6.45) is 3.58. The SMILES string of the molecule is Cc1cc2nc(-c3ccnc(-c4ccc5cnn(C)c5c4)c3)sc2c(-c2ccc(Cl)cc2)c1CC(=O)O. The average Bonchev–Trinajstić information content (AvgIpc) is 3.48.